The lowest BCUT2D eigenvalue weighted by Gasteiger charge is -2.28. The first-order valence-corrected chi connectivity index (χ1v) is 7.59. The van der Waals surface area contributed by atoms with Crippen LogP contribution in [0.25, 0.3) is 0 Å². The van der Waals surface area contributed by atoms with E-state index in [2.05, 4.69) is 15.5 Å². The number of carbonyl (C=O) groups excluding carboxylic acids is 1. The first kappa shape index (κ1) is 16.5. The summed E-state index contributed by atoms with van der Waals surface area (Å²) in [7, 11) is 0. The lowest BCUT2D eigenvalue weighted by atomic mass is 10.1. The maximum atomic E-state index is 13.3. The highest BCUT2D eigenvalue weighted by Crippen LogP contribution is 2.32. The third-order valence-electron chi connectivity index (χ3n) is 4.07. The van der Waals surface area contributed by atoms with Crippen molar-refractivity contribution in [1.82, 2.24) is 20.4 Å². The van der Waals surface area contributed by atoms with Crippen molar-refractivity contribution in [2.24, 2.45) is 0 Å². The molecule has 0 bridgehead atoms. The lowest BCUT2D eigenvalue weighted by Crippen LogP contribution is -2.44. The van der Waals surface area contributed by atoms with E-state index in [1.807, 2.05) is 0 Å². The van der Waals surface area contributed by atoms with Crippen molar-refractivity contribution in [2.45, 2.75) is 25.2 Å². The molecule has 2 heterocycles. The van der Waals surface area contributed by atoms with Crippen LogP contribution in [0, 0.1) is 0 Å². The summed E-state index contributed by atoms with van der Waals surface area (Å²) in [5.74, 6) is -0.355. The second-order valence-corrected chi connectivity index (χ2v) is 5.71. The third-order valence-corrected chi connectivity index (χ3v) is 4.07. The van der Waals surface area contributed by atoms with Crippen molar-refractivity contribution in [1.29, 1.82) is 0 Å². The van der Waals surface area contributed by atoms with Crippen molar-refractivity contribution in [2.75, 3.05) is 13.1 Å². The lowest BCUT2D eigenvalue weighted by molar-refractivity contribution is -0.159. The normalized spacial score (nSPS) is 15.9. The number of H-pyrrole nitrogens is 1. The highest BCUT2D eigenvalue weighted by molar-refractivity contribution is 5.78. The molecule has 3 rings (SSSR count). The van der Waals surface area contributed by atoms with Crippen LogP contribution in [0.4, 0.5) is 13.2 Å². The molecular formula is C16H17F3N4O. The van der Waals surface area contributed by atoms with Crippen LogP contribution in [0.2, 0.25) is 0 Å². The summed E-state index contributed by atoms with van der Waals surface area (Å²) in [4.78, 5) is 13.8. The number of carbonyl (C=O) groups is 1. The van der Waals surface area contributed by atoms with Crippen molar-refractivity contribution >= 4 is 5.91 Å². The van der Waals surface area contributed by atoms with Gasteiger partial charge in [0.05, 0.1) is 12.7 Å². The van der Waals surface area contributed by atoms with Gasteiger partial charge >= 0.3 is 6.18 Å². The summed E-state index contributed by atoms with van der Waals surface area (Å²) in [5, 5.41) is 9.12. The molecule has 0 radical (unpaired) electrons. The average molecular weight is 338 g/mol. The Labute approximate surface area is 136 Å². The van der Waals surface area contributed by atoms with E-state index in [1.165, 1.54) is 12.1 Å². The Morgan fingerprint density at radius 1 is 1.33 bits per heavy atom. The highest BCUT2D eigenvalue weighted by Gasteiger charge is 2.40. The maximum Gasteiger partial charge on any atom is 0.407 e. The maximum absolute atomic E-state index is 13.3. The molecule has 1 atom stereocenters. The van der Waals surface area contributed by atoms with Gasteiger partial charge in [0, 0.05) is 30.8 Å². The van der Waals surface area contributed by atoms with Gasteiger partial charge < -0.3 is 4.90 Å². The van der Waals surface area contributed by atoms with Gasteiger partial charge in [-0.2, -0.15) is 18.3 Å². The van der Waals surface area contributed by atoms with E-state index < -0.39 is 12.2 Å². The molecule has 0 saturated carbocycles. The van der Waals surface area contributed by atoms with Gasteiger partial charge in [0.15, 0.2) is 0 Å². The Morgan fingerprint density at radius 3 is 2.79 bits per heavy atom. The minimum absolute atomic E-state index is 0.0913. The zero-order chi connectivity index (χ0) is 17.2. The summed E-state index contributed by atoms with van der Waals surface area (Å²) < 4.78 is 39.8. The molecule has 0 aliphatic carbocycles. The summed E-state index contributed by atoms with van der Waals surface area (Å²) in [6.45, 7) is 0.471. The third kappa shape index (κ3) is 3.59. The van der Waals surface area contributed by atoms with E-state index in [4.69, 9.17) is 0 Å². The van der Waals surface area contributed by atoms with E-state index in [-0.39, 0.29) is 18.0 Å². The fraction of sp³-hybridized carbons (Fsp3) is 0.375. The second-order valence-electron chi connectivity index (χ2n) is 5.71. The summed E-state index contributed by atoms with van der Waals surface area (Å²) in [5.41, 5.74) is 1.98. The van der Waals surface area contributed by atoms with Crippen LogP contribution in [0.3, 0.4) is 0 Å². The van der Waals surface area contributed by atoms with Crippen LogP contribution in [-0.2, 0) is 17.8 Å². The number of aromatic nitrogens is 2. The monoisotopic (exact) mass is 338 g/mol. The zero-order valence-corrected chi connectivity index (χ0v) is 12.8. The molecule has 5 nitrogen and oxygen atoms in total. The number of alkyl halides is 3. The van der Waals surface area contributed by atoms with Crippen LogP contribution < -0.4 is 5.32 Å². The molecule has 0 spiro atoms. The minimum Gasteiger partial charge on any atom is -0.337 e. The molecule has 128 valence electrons. The molecular weight excluding hydrogens is 321 g/mol. The van der Waals surface area contributed by atoms with Crippen molar-refractivity contribution in [3.8, 4) is 0 Å². The number of hydrogen-bond donors (Lipinski definition) is 2. The second kappa shape index (κ2) is 6.64. The molecule has 24 heavy (non-hydrogen) atoms. The molecule has 8 heteroatoms. The molecule has 1 aromatic carbocycles. The van der Waals surface area contributed by atoms with Crippen LogP contribution >= 0.6 is 0 Å². The number of nitrogens with zero attached hydrogens (tertiary/aromatic N) is 2. The van der Waals surface area contributed by atoms with E-state index in [0.29, 0.717) is 19.5 Å². The Hall–Kier alpha value is -2.35. The summed E-state index contributed by atoms with van der Waals surface area (Å²) in [6, 6.07) is 5.67. The standard InChI is InChI=1S/C16H17F3N4O/c17-16(18,19)15(11-4-2-1-3-5-11)20-9-14(24)23-7-6-13-12(10-23)8-21-22-13/h1-5,8,15,20H,6-7,9-10H2,(H,21,22)/t15-/m1/s1. The molecule has 1 aliphatic heterocycles. The number of aromatic amines is 1. The Bertz CT molecular complexity index is 699. The van der Waals surface area contributed by atoms with Gasteiger partial charge in [0.25, 0.3) is 0 Å². The van der Waals surface area contributed by atoms with Crippen LogP contribution in [-0.4, -0.2) is 40.3 Å². The van der Waals surface area contributed by atoms with Gasteiger partial charge in [-0.3, -0.25) is 15.2 Å². The first-order valence-electron chi connectivity index (χ1n) is 7.59. The molecule has 1 aromatic heterocycles. The van der Waals surface area contributed by atoms with Crippen LogP contribution in [0.15, 0.2) is 36.5 Å². The van der Waals surface area contributed by atoms with Gasteiger partial charge in [-0.15, -0.1) is 0 Å². The van der Waals surface area contributed by atoms with Gasteiger partial charge in [0.1, 0.15) is 6.04 Å². The van der Waals surface area contributed by atoms with E-state index >= 15 is 0 Å². The Morgan fingerprint density at radius 2 is 2.08 bits per heavy atom. The topological polar surface area (TPSA) is 61.0 Å². The number of nitrogens with one attached hydrogen (secondary N) is 2. The fourth-order valence-corrected chi connectivity index (χ4v) is 2.80. The predicted molar refractivity (Wildman–Crippen MR) is 80.9 cm³/mol. The number of hydrogen-bond acceptors (Lipinski definition) is 3. The van der Waals surface area contributed by atoms with E-state index in [9.17, 15) is 18.0 Å². The van der Waals surface area contributed by atoms with Gasteiger partial charge in [-0.05, 0) is 5.56 Å². The quantitative estimate of drug-likeness (QED) is 0.898. The van der Waals surface area contributed by atoms with E-state index in [0.717, 1.165) is 11.3 Å². The average Bonchev–Trinajstić information content (AvgIpc) is 3.02. The summed E-state index contributed by atoms with van der Waals surface area (Å²) >= 11 is 0. The molecule has 1 aliphatic rings. The number of benzene rings is 1. The minimum atomic E-state index is -4.47. The Balaban J connectivity index is 1.64. The predicted octanol–water partition coefficient (Wildman–Crippen LogP) is 2.19. The molecule has 0 fully saturated rings. The van der Waals surface area contributed by atoms with Crippen molar-refractivity contribution in [3.05, 3.63) is 53.3 Å². The number of amides is 1. The highest BCUT2D eigenvalue weighted by atomic mass is 19.4. The van der Waals surface area contributed by atoms with E-state index in [1.54, 1.807) is 29.3 Å². The zero-order valence-electron chi connectivity index (χ0n) is 12.8. The molecule has 2 aromatic rings. The molecule has 0 unspecified atom stereocenters. The first-order chi connectivity index (χ1) is 11.4. The number of halogens is 3. The van der Waals surface area contributed by atoms with Gasteiger partial charge in [0.2, 0.25) is 5.91 Å². The fourth-order valence-electron chi connectivity index (χ4n) is 2.80. The van der Waals surface area contributed by atoms with Gasteiger partial charge in [-0.25, -0.2) is 0 Å². The largest absolute Gasteiger partial charge is 0.407 e. The number of fused-ring (bicyclic) bond motifs is 1. The SMILES string of the molecule is O=C(CN[C@H](c1ccccc1)C(F)(F)F)N1CCc2[nH]ncc2C1. The van der Waals surface area contributed by atoms with Crippen LogP contribution in [0.5, 0.6) is 0 Å². The van der Waals surface area contributed by atoms with Crippen molar-refractivity contribution in [3.63, 3.8) is 0 Å². The molecule has 0 saturated heterocycles. The smallest absolute Gasteiger partial charge is 0.337 e. The molecule has 1 amide bonds. The Kier molecular flexibility index (Phi) is 4.57. The number of rotatable bonds is 4. The van der Waals surface area contributed by atoms with Crippen molar-refractivity contribution < 1.29 is 18.0 Å². The summed E-state index contributed by atoms with van der Waals surface area (Å²) in [6.07, 6.45) is -2.20. The molecule has 2 N–H and O–H groups in total. The van der Waals surface area contributed by atoms with Gasteiger partial charge in [-0.1, -0.05) is 30.3 Å². The van der Waals surface area contributed by atoms with Crippen LogP contribution in [0.1, 0.15) is 22.9 Å².